The number of carbonyl (C=O) groups excluding carboxylic acids is 2. The molecule has 0 spiro atoms. The predicted octanol–water partition coefficient (Wildman–Crippen LogP) is 6.77. The number of fused-ring (bicyclic) bond motifs is 2. The molecule has 0 aliphatic heterocycles. The Balaban J connectivity index is 1.41. The summed E-state index contributed by atoms with van der Waals surface area (Å²) in [5, 5.41) is 11.4. The summed E-state index contributed by atoms with van der Waals surface area (Å²) in [6.45, 7) is 0. The monoisotopic (exact) mass is 521 g/mol. The highest BCUT2D eigenvalue weighted by atomic mass is 79.9. The first-order valence-corrected chi connectivity index (χ1v) is 11.8. The van der Waals surface area contributed by atoms with E-state index in [1.54, 1.807) is 48.7 Å². The molecule has 0 atom stereocenters. The van der Waals surface area contributed by atoms with Crippen molar-refractivity contribution in [3.05, 3.63) is 124 Å². The van der Waals surface area contributed by atoms with Gasteiger partial charge in [0, 0.05) is 10.0 Å². The van der Waals surface area contributed by atoms with Crippen LogP contribution in [0.25, 0.3) is 21.5 Å². The number of halogens is 1. The van der Waals surface area contributed by atoms with Gasteiger partial charge in [-0.3, -0.25) is 9.59 Å². The number of benzene rings is 5. The number of rotatable bonds is 5. The minimum atomic E-state index is -0.422. The smallest absolute Gasteiger partial charge is 0.273 e. The number of nitrogens with one attached hydrogen (secondary N) is 2. The molecule has 2 amide bonds. The average molecular weight is 522 g/mol. The molecular formula is C29H20BrN3O2. The summed E-state index contributed by atoms with van der Waals surface area (Å²) in [6, 6.07) is 32.3. The SMILES string of the molecule is O=C(Nc1ccccc1C(=O)N/N=C\c1c2ccccc2cc2ccccc12)c1ccccc1Br. The van der Waals surface area contributed by atoms with Gasteiger partial charge < -0.3 is 5.32 Å². The second kappa shape index (κ2) is 9.91. The quantitative estimate of drug-likeness (QED) is 0.152. The number of amides is 2. The van der Waals surface area contributed by atoms with Crippen LogP contribution in [0, 0.1) is 0 Å². The molecule has 2 N–H and O–H groups in total. The molecule has 5 rings (SSSR count). The van der Waals surface area contributed by atoms with Crippen LogP contribution in [0.5, 0.6) is 0 Å². The molecule has 0 aliphatic carbocycles. The van der Waals surface area contributed by atoms with Gasteiger partial charge in [-0.2, -0.15) is 5.10 Å². The van der Waals surface area contributed by atoms with E-state index in [-0.39, 0.29) is 5.91 Å². The highest BCUT2D eigenvalue weighted by Gasteiger charge is 2.15. The molecule has 5 aromatic rings. The van der Waals surface area contributed by atoms with Crippen LogP contribution in [-0.4, -0.2) is 18.0 Å². The van der Waals surface area contributed by atoms with E-state index in [1.807, 2.05) is 42.5 Å². The third kappa shape index (κ3) is 4.69. The molecule has 0 unspecified atom stereocenters. The normalized spacial score (nSPS) is 11.1. The third-order valence-electron chi connectivity index (χ3n) is 5.71. The molecule has 0 saturated carbocycles. The maximum atomic E-state index is 13.0. The standard InChI is InChI=1S/C29H20BrN3O2/c30-26-15-7-5-13-23(26)28(34)32-27-16-8-6-14-24(27)29(35)33-31-18-25-21-11-3-1-9-19(21)17-20-10-2-4-12-22(20)25/h1-18H,(H,32,34)(H,33,35)/b31-18-. The second-order valence-electron chi connectivity index (χ2n) is 7.91. The average Bonchev–Trinajstić information content (AvgIpc) is 2.88. The van der Waals surface area contributed by atoms with Crippen LogP contribution in [0.4, 0.5) is 5.69 Å². The zero-order valence-electron chi connectivity index (χ0n) is 18.5. The predicted molar refractivity (Wildman–Crippen MR) is 145 cm³/mol. The van der Waals surface area contributed by atoms with Crippen LogP contribution in [0.1, 0.15) is 26.3 Å². The fourth-order valence-electron chi connectivity index (χ4n) is 4.03. The van der Waals surface area contributed by atoms with Crippen molar-refractivity contribution < 1.29 is 9.59 Å². The largest absolute Gasteiger partial charge is 0.321 e. The molecule has 6 heteroatoms. The van der Waals surface area contributed by atoms with E-state index >= 15 is 0 Å². The molecule has 35 heavy (non-hydrogen) atoms. The topological polar surface area (TPSA) is 70.6 Å². The summed E-state index contributed by atoms with van der Waals surface area (Å²) < 4.78 is 0.673. The van der Waals surface area contributed by atoms with Crippen molar-refractivity contribution in [1.82, 2.24) is 5.43 Å². The Kier molecular flexibility index (Phi) is 6.37. The Morgan fingerprint density at radius 1 is 0.686 bits per heavy atom. The zero-order valence-corrected chi connectivity index (χ0v) is 20.1. The molecule has 5 aromatic carbocycles. The van der Waals surface area contributed by atoms with Crippen LogP contribution < -0.4 is 10.7 Å². The van der Waals surface area contributed by atoms with E-state index in [9.17, 15) is 9.59 Å². The maximum Gasteiger partial charge on any atom is 0.273 e. The molecule has 0 saturated heterocycles. The van der Waals surface area contributed by atoms with E-state index in [0.717, 1.165) is 27.1 Å². The van der Waals surface area contributed by atoms with Crippen LogP contribution in [-0.2, 0) is 0 Å². The van der Waals surface area contributed by atoms with Gasteiger partial charge in [-0.05, 0) is 67.8 Å². The number of hydrazone groups is 1. The van der Waals surface area contributed by atoms with E-state index < -0.39 is 5.91 Å². The summed E-state index contributed by atoms with van der Waals surface area (Å²) >= 11 is 3.39. The minimum absolute atomic E-state index is 0.313. The van der Waals surface area contributed by atoms with Crippen molar-refractivity contribution in [2.24, 2.45) is 5.10 Å². The van der Waals surface area contributed by atoms with Gasteiger partial charge in [0.05, 0.1) is 23.0 Å². The van der Waals surface area contributed by atoms with E-state index in [4.69, 9.17) is 0 Å². The third-order valence-corrected chi connectivity index (χ3v) is 6.40. The van der Waals surface area contributed by atoms with E-state index in [2.05, 4.69) is 50.0 Å². The molecule has 0 aromatic heterocycles. The van der Waals surface area contributed by atoms with Gasteiger partial charge in [0.25, 0.3) is 11.8 Å². The van der Waals surface area contributed by atoms with Crippen molar-refractivity contribution in [1.29, 1.82) is 0 Å². The lowest BCUT2D eigenvalue weighted by Crippen LogP contribution is -2.21. The van der Waals surface area contributed by atoms with Gasteiger partial charge in [0.15, 0.2) is 0 Å². The zero-order chi connectivity index (χ0) is 24.2. The summed E-state index contributed by atoms with van der Waals surface area (Å²) in [4.78, 5) is 25.7. The number of nitrogens with zero attached hydrogens (tertiary/aromatic N) is 1. The number of para-hydroxylation sites is 1. The fourth-order valence-corrected chi connectivity index (χ4v) is 4.49. The van der Waals surface area contributed by atoms with Gasteiger partial charge in [-0.15, -0.1) is 0 Å². The van der Waals surface area contributed by atoms with Gasteiger partial charge in [0.2, 0.25) is 0 Å². The van der Waals surface area contributed by atoms with E-state index in [1.165, 1.54) is 0 Å². The van der Waals surface area contributed by atoms with Crippen molar-refractivity contribution in [3.63, 3.8) is 0 Å². The van der Waals surface area contributed by atoms with Crippen LogP contribution in [0.2, 0.25) is 0 Å². The second-order valence-corrected chi connectivity index (χ2v) is 8.77. The summed E-state index contributed by atoms with van der Waals surface area (Å²) in [5.74, 6) is -0.739. The molecule has 0 fully saturated rings. The number of carbonyl (C=O) groups is 2. The maximum absolute atomic E-state index is 13.0. The molecule has 5 nitrogen and oxygen atoms in total. The van der Waals surface area contributed by atoms with Gasteiger partial charge in [0.1, 0.15) is 0 Å². The van der Waals surface area contributed by atoms with E-state index in [0.29, 0.717) is 21.3 Å². The van der Waals surface area contributed by atoms with Crippen molar-refractivity contribution in [2.45, 2.75) is 0 Å². The number of hydrogen-bond donors (Lipinski definition) is 2. The molecule has 170 valence electrons. The lowest BCUT2D eigenvalue weighted by Gasteiger charge is -2.11. The van der Waals surface area contributed by atoms with Gasteiger partial charge in [-0.25, -0.2) is 5.43 Å². The minimum Gasteiger partial charge on any atom is -0.321 e. The lowest BCUT2D eigenvalue weighted by molar-refractivity contribution is 0.0956. The molecular weight excluding hydrogens is 502 g/mol. The van der Waals surface area contributed by atoms with Crippen molar-refractivity contribution in [3.8, 4) is 0 Å². The first-order valence-electron chi connectivity index (χ1n) is 11.0. The summed E-state index contributed by atoms with van der Waals surface area (Å²) in [7, 11) is 0. The Labute approximate surface area is 210 Å². The highest BCUT2D eigenvalue weighted by Crippen LogP contribution is 2.27. The fraction of sp³-hybridized carbons (Fsp3) is 0. The number of hydrogen-bond acceptors (Lipinski definition) is 3. The van der Waals surface area contributed by atoms with Crippen molar-refractivity contribution in [2.75, 3.05) is 5.32 Å². The first-order chi connectivity index (χ1) is 17.1. The molecule has 0 bridgehead atoms. The number of anilines is 1. The van der Waals surface area contributed by atoms with Gasteiger partial charge in [-0.1, -0.05) is 72.8 Å². The Bertz CT molecular complexity index is 1560. The Morgan fingerprint density at radius 2 is 1.26 bits per heavy atom. The molecule has 0 heterocycles. The Hall–Kier alpha value is -4.29. The molecule has 0 aliphatic rings. The highest BCUT2D eigenvalue weighted by molar-refractivity contribution is 9.10. The van der Waals surface area contributed by atoms with Crippen LogP contribution >= 0.6 is 15.9 Å². The van der Waals surface area contributed by atoms with Crippen LogP contribution in [0.15, 0.2) is 113 Å². The van der Waals surface area contributed by atoms with Gasteiger partial charge >= 0.3 is 0 Å². The lowest BCUT2D eigenvalue weighted by atomic mass is 9.97. The van der Waals surface area contributed by atoms with Crippen LogP contribution in [0.3, 0.4) is 0 Å². The Morgan fingerprint density at radius 3 is 1.94 bits per heavy atom. The van der Waals surface area contributed by atoms with Crippen molar-refractivity contribution >= 4 is 61.2 Å². The molecule has 0 radical (unpaired) electrons. The summed E-state index contributed by atoms with van der Waals surface area (Å²) in [6.07, 6.45) is 1.67. The summed E-state index contributed by atoms with van der Waals surface area (Å²) in [5.41, 5.74) is 4.72. The first kappa shape index (κ1) is 22.5.